The highest BCUT2D eigenvalue weighted by Gasteiger charge is 2.56. The summed E-state index contributed by atoms with van der Waals surface area (Å²) in [4.78, 5) is 32.4. The van der Waals surface area contributed by atoms with E-state index in [1.165, 1.54) is 12.3 Å². The minimum atomic E-state index is -1.21. The van der Waals surface area contributed by atoms with Crippen LogP contribution in [0.5, 0.6) is 0 Å². The van der Waals surface area contributed by atoms with Crippen molar-refractivity contribution in [1.29, 1.82) is 5.41 Å². The Morgan fingerprint density at radius 2 is 2.24 bits per heavy atom. The molecule has 0 radical (unpaired) electrons. The van der Waals surface area contributed by atoms with Gasteiger partial charge in [-0.15, -0.1) is 0 Å². The molecule has 2 rings (SSSR count). The van der Waals surface area contributed by atoms with Crippen LogP contribution in [0.1, 0.15) is 0 Å². The molecule has 1 fully saturated rings. The van der Waals surface area contributed by atoms with E-state index >= 15 is 0 Å². The van der Waals surface area contributed by atoms with Crippen molar-refractivity contribution in [2.45, 2.75) is 12.1 Å². The second kappa shape index (κ2) is 5.57. The van der Waals surface area contributed by atoms with Gasteiger partial charge >= 0.3 is 5.97 Å². The fourth-order valence-corrected chi connectivity index (χ4v) is 2.25. The maximum atomic E-state index is 12.2. The Bertz CT molecular complexity index is 598. The van der Waals surface area contributed by atoms with Crippen molar-refractivity contribution in [3.63, 3.8) is 0 Å². The molecule has 1 unspecified atom stereocenters. The number of carboxylic acid groups (broad SMARTS) is 1. The Morgan fingerprint density at radius 1 is 1.52 bits per heavy atom. The number of carbonyl (C=O) groups excluding carboxylic acids is 1. The van der Waals surface area contributed by atoms with Crippen LogP contribution < -0.4 is 16.4 Å². The van der Waals surface area contributed by atoms with Crippen molar-refractivity contribution in [3.8, 4) is 0 Å². The number of β-lactam (4-membered cyclic amide) rings is 1. The topological polar surface area (TPSA) is 159 Å². The Kier molecular flexibility index (Phi) is 3.83. The summed E-state index contributed by atoms with van der Waals surface area (Å²) in [5.41, 5.74) is 10.5. The molecule has 6 N–H and O–H groups in total. The van der Waals surface area contributed by atoms with Gasteiger partial charge in [0.2, 0.25) is 5.91 Å². The Hall–Kier alpha value is -2.97. The molecule has 0 aliphatic carbocycles. The predicted molar refractivity (Wildman–Crippen MR) is 75.0 cm³/mol. The Morgan fingerprint density at radius 3 is 2.71 bits per heavy atom. The third kappa shape index (κ3) is 2.53. The van der Waals surface area contributed by atoms with Crippen molar-refractivity contribution >= 4 is 29.9 Å². The molecular formula is C12H14N6O3. The summed E-state index contributed by atoms with van der Waals surface area (Å²) >= 11 is 0. The number of rotatable bonds is 5. The second-order valence-electron chi connectivity index (χ2n) is 4.42. The van der Waals surface area contributed by atoms with Crippen LogP contribution in [0.15, 0.2) is 29.4 Å². The molecule has 1 aliphatic rings. The molecule has 1 amide bonds. The van der Waals surface area contributed by atoms with Crippen molar-refractivity contribution in [3.05, 3.63) is 24.4 Å². The third-order valence-electron chi connectivity index (χ3n) is 3.13. The van der Waals surface area contributed by atoms with Crippen LogP contribution in [-0.2, 0) is 9.59 Å². The number of carboxylic acids is 1. The monoisotopic (exact) mass is 290 g/mol. The number of pyridine rings is 1. The Labute approximate surface area is 119 Å². The number of nitrogens with one attached hydrogen (secondary N) is 1. The number of nitrogens with two attached hydrogens (primary N) is 2. The normalized spacial score (nSPS) is 22.1. The average Bonchev–Trinajstić information content (AvgIpc) is 2.44. The quantitative estimate of drug-likeness (QED) is 0.302. The molecule has 0 saturated carbocycles. The number of nitrogens with zero attached hydrogens (tertiary/aromatic N) is 3. The first-order chi connectivity index (χ1) is 9.97. The van der Waals surface area contributed by atoms with Crippen LogP contribution >= 0.6 is 0 Å². The number of hydrogen-bond acceptors (Lipinski definition) is 5. The Balaban J connectivity index is 2.34. The van der Waals surface area contributed by atoms with E-state index in [0.717, 1.165) is 11.1 Å². The van der Waals surface area contributed by atoms with Gasteiger partial charge in [0.15, 0.2) is 5.96 Å². The van der Waals surface area contributed by atoms with Gasteiger partial charge in [-0.05, 0) is 12.1 Å². The molecule has 1 aromatic heterocycles. The molecule has 1 aromatic rings. The van der Waals surface area contributed by atoms with Crippen LogP contribution in [0, 0.1) is 11.3 Å². The number of anilines is 1. The SMILES string of the molecule is N=CC(N=C(N)N)[C@H]1C(=O)N(c2ccccn2)[C@@H]1C(=O)O. The minimum absolute atomic E-state index is 0.236. The molecule has 1 saturated heterocycles. The van der Waals surface area contributed by atoms with Gasteiger partial charge in [0.05, 0.1) is 5.92 Å². The van der Waals surface area contributed by atoms with Crippen molar-refractivity contribution in [2.75, 3.05) is 4.90 Å². The van der Waals surface area contributed by atoms with Gasteiger partial charge in [-0.1, -0.05) is 6.07 Å². The summed E-state index contributed by atoms with van der Waals surface area (Å²) in [5.74, 6) is -2.79. The van der Waals surface area contributed by atoms with Crippen LogP contribution in [0.4, 0.5) is 5.82 Å². The van der Waals surface area contributed by atoms with Crippen LogP contribution in [-0.4, -0.2) is 46.2 Å². The molecule has 0 spiro atoms. The zero-order chi connectivity index (χ0) is 15.6. The molecule has 9 nitrogen and oxygen atoms in total. The number of guanidine groups is 1. The molecule has 3 atom stereocenters. The predicted octanol–water partition coefficient (Wildman–Crippen LogP) is -1.21. The van der Waals surface area contributed by atoms with E-state index in [-0.39, 0.29) is 11.8 Å². The van der Waals surface area contributed by atoms with Gasteiger partial charge in [0, 0.05) is 12.4 Å². The maximum Gasteiger partial charge on any atom is 0.327 e. The van der Waals surface area contributed by atoms with E-state index in [1.807, 2.05) is 0 Å². The van der Waals surface area contributed by atoms with Gasteiger partial charge in [0.1, 0.15) is 17.9 Å². The molecule has 0 bridgehead atoms. The highest BCUT2D eigenvalue weighted by atomic mass is 16.4. The lowest BCUT2D eigenvalue weighted by Gasteiger charge is -2.45. The fourth-order valence-electron chi connectivity index (χ4n) is 2.25. The summed E-state index contributed by atoms with van der Waals surface area (Å²) in [6.07, 6.45) is 2.31. The van der Waals surface area contributed by atoms with Crippen molar-refractivity contribution in [2.24, 2.45) is 22.4 Å². The molecule has 21 heavy (non-hydrogen) atoms. The minimum Gasteiger partial charge on any atom is -0.480 e. The molecular weight excluding hydrogens is 276 g/mol. The molecule has 0 aromatic carbocycles. The highest BCUT2D eigenvalue weighted by molar-refractivity contribution is 6.11. The van der Waals surface area contributed by atoms with E-state index < -0.39 is 29.9 Å². The lowest BCUT2D eigenvalue weighted by atomic mass is 9.81. The molecule has 110 valence electrons. The largest absolute Gasteiger partial charge is 0.480 e. The maximum absolute atomic E-state index is 12.2. The van der Waals surface area contributed by atoms with E-state index in [1.54, 1.807) is 12.1 Å². The zero-order valence-corrected chi connectivity index (χ0v) is 10.9. The first kappa shape index (κ1) is 14.4. The number of aliphatic imine (C=N–C) groups is 1. The van der Waals surface area contributed by atoms with Crippen LogP contribution in [0.3, 0.4) is 0 Å². The third-order valence-corrected chi connectivity index (χ3v) is 3.13. The van der Waals surface area contributed by atoms with E-state index in [9.17, 15) is 14.7 Å². The lowest BCUT2D eigenvalue weighted by Crippen LogP contribution is -2.68. The summed E-state index contributed by atoms with van der Waals surface area (Å²) < 4.78 is 0. The number of aromatic nitrogens is 1. The van der Waals surface area contributed by atoms with Crippen molar-refractivity contribution < 1.29 is 14.7 Å². The molecule has 2 heterocycles. The summed E-state index contributed by atoms with van der Waals surface area (Å²) in [5, 5.41) is 16.6. The second-order valence-corrected chi connectivity index (χ2v) is 4.42. The lowest BCUT2D eigenvalue weighted by molar-refractivity contribution is -0.149. The summed E-state index contributed by atoms with van der Waals surface area (Å²) in [6.45, 7) is 0. The summed E-state index contributed by atoms with van der Waals surface area (Å²) in [6, 6.07) is 2.65. The smallest absolute Gasteiger partial charge is 0.327 e. The van der Waals surface area contributed by atoms with E-state index in [0.29, 0.717) is 0 Å². The van der Waals surface area contributed by atoms with Gasteiger partial charge < -0.3 is 22.0 Å². The molecule has 1 aliphatic heterocycles. The van der Waals surface area contributed by atoms with Crippen molar-refractivity contribution in [1.82, 2.24) is 4.98 Å². The van der Waals surface area contributed by atoms with Crippen LogP contribution in [0.2, 0.25) is 0 Å². The van der Waals surface area contributed by atoms with Gasteiger partial charge in [-0.25, -0.2) is 14.8 Å². The summed E-state index contributed by atoms with van der Waals surface area (Å²) in [7, 11) is 0. The first-order valence-corrected chi connectivity index (χ1v) is 6.03. The standard InChI is InChI=1S/C12H14N6O3/c13-5-6(17-12(14)15)8-9(11(20)21)18(10(8)19)7-3-1-2-4-16-7/h1-6,8-9,13H,(H,20,21)(H4,14,15,17)/t6?,8-,9+/m1/s1. The number of carbonyl (C=O) groups is 2. The first-order valence-electron chi connectivity index (χ1n) is 6.03. The fraction of sp³-hybridized carbons (Fsp3) is 0.250. The molecule has 9 heteroatoms. The highest BCUT2D eigenvalue weighted by Crippen LogP contribution is 2.34. The number of aliphatic carboxylic acids is 1. The van der Waals surface area contributed by atoms with Gasteiger partial charge in [-0.2, -0.15) is 0 Å². The van der Waals surface area contributed by atoms with E-state index in [4.69, 9.17) is 16.9 Å². The number of hydrogen-bond donors (Lipinski definition) is 4. The average molecular weight is 290 g/mol. The van der Waals surface area contributed by atoms with Crippen LogP contribution in [0.25, 0.3) is 0 Å². The van der Waals surface area contributed by atoms with Gasteiger partial charge in [0.25, 0.3) is 0 Å². The van der Waals surface area contributed by atoms with E-state index in [2.05, 4.69) is 9.98 Å². The number of amides is 1. The van der Waals surface area contributed by atoms with Gasteiger partial charge in [-0.3, -0.25) is 9.69 Å². The zero-order valence-electron chi connectivity index (χ0n) is 10.9.